The van der Waals surface area contributed by atoms with Gasteiger partial charge in [0.2, 0.25) is 0 Å². The quantitative estimate of drug-likeness (QED) is 0.783. The van der Waals surface area contributed by atoms with Crippen LogP contribution in [0.25, 0.3) is 0 Å². The van der Waals surface area contributed by atoms with Crippen molar-refractivity contribution in [1.82, 2.24) is 10.2 Å². The van der Waals surface area contributed by atoms with E-state index in [9.17, 15) is 9.59 Å². The zero-order valence-electron chi connectivity index (χ0n) is 16.8. The van der Waals surface area contributed by atoms with E-state index in [1.807, 2.05) is 11.9 Å². The second-order valence-corrected chi connectivity index (χ2v) is 7.69. The number of benzene rings is 1. The van der Waals surface area contributed by atoms with Gasteiger partial charge < -0.3 is 20.3 Å². The Bertz CT molecular complexity index is 653. The maximum Gasteiger partial charge on any atom is 0.256 e. The Hall–Kier alpha value is -1.63. The Morgan fingerprint density at radius 2 is 1.71 bits per heavy atom. The van der Waals surface area contributed by atoms with Crippen molar-refractivity contribution in [2.45, 2.75) is 56.6 Å². The van der Waals surface area contributed by atoms with Gasteiger partial charge in [0.1, 0.15) is 5.60 Å². The van der Waals surface area contributed by atoms with Crippen LogP contribution in [0, 0.1) is 0 Å². The first-order chi connectivity index (χ1) is 13.1. The van der Waals surface area contributed by atoms with Gasteiger partial charge in [0.15, 0.2) is 0 Å². The summed E-state index contributed by atoms with van der Waals surface area (Å²) >= 11 is 0. The van der Waals surface area contributed by atoms with Gasteiger partial charge in [-0.15, -0.1) is 12.4 Å². The Labute approximate surface area is 173 Å². The van der Waals surface area contributed by atoms with Crippen LogP contribution in [-0.4, -0.2) is 55.6 Å². The van der Waals surface area contributed by atoms with Crippen LogP contribution < -0.4 is 10.6 Å². The fourth-order valence-corrected chi connectivity index (χ4v) is 4.13. The maximum absolute atomic E-state index is 12.7. The second-order valence-electron chi connectivity index (χ2n) is 7.69. The van der Waals surface area contributed by atoms with Gasteiger partial charge in [-0.1, -0.05) is 19.3 Å². The minimum atomic E-state index is -0.777. The lowest BCUT2D eigenvalue weighted by Gasteiger charge is -2.34. The van der Waals surface area contributed by atoms with Gasteiger partial charge in [0, 0.05) is 31.5 Å². The van der Waals surface area contributed by atoms with Crippen LogP contribution in [0.2, 0.25) is 0 Å². The first kappa shape index (κ1) is 22.7. The van der Waals surface area contributed by atoms with E-state index in [1.54, 1.807) is 31.4 Å². The molecule has 1 saturated heterocycles. The normalized spacial score (nSPS) is 19.4. The van der Waals surface area contributed by atoms with Gasteiger partial charge in [0.05, 0.1) is 0 Å². The third-order valence-corrected chi connectivity index (χ3v) is 6.05. The van der Waals surface area contributed by atoms with Crippen LogP contribution in [0.1, 0.15) is 55.3 Å². The topological polar surface area (TPSA) is 70.7 Å². The minimum Gasteiger partial charge on any atom is -0.368 e. The molecule has 156 valence electrons. The van der Waals surface area contributed by atoms with Crippen LogP contribution in [0.5, 0.6) is 0 Å². The molecular formula is C21H32ClN3O3. The van der Waals surface area contributed by atoms with Crippen LogP contribution >= 0.6 is 12.4 Å². The number of anilines is 1. The zero-order chi connectivity index (χ0) is 19.3. The molecule has 1 aromatic carbocycles. The lowest BCUT2D eigenvalue weighted by Crippen LogP contribution is -2.51. The Morgan fingerprint density at radius 3 is 2.29 bits per heavy atom. The number of nitrogens with zero attached hydrogens (tertiary/aromatic N) is 1. The van der Waals surface area contributed by atoms with E-state index in [0.29, 0.717) is 30.1 Å². The van der Waals surface area contributed by atoms with E-state index in [1.165, 1.54) is 19.3 Å². The molecular weight excluding hydrogens is 378 g/mol. The minimum absolute atomic E-state index is 0. The SMILES string of the molecule is COC1(C(=O)Nc2ccc(C(=O)N(C)C3CCCCC3)cc2)CCNCC1.Cl. The van der Waals surface area contributed by atoms with Crippen molar-refractivity contribution in [1.29, 1.82) is 0 Å². The second kappa shape index (κ2) is 10.2. The van der Waals surface area contributed by atoms with E-state index >= 15 is 0 Å². The van der Waals surface area contributed by atoms with Crippen LogP contribution in [0.4, 0.5) is 5.69 Å². The number of hydrogen-bond donors (Lipinski definition) is 2. The summed E-state index contributed by atoms with van der Waals surface area (Å²) in [7, 11) is 3.49. The molecule has 6 nitrogen and oxygen atoms in total. The number of nitrogens with one attached hydrogen (secondary N) is 2. The largest absolute Gasteiger partial charge is 0.368 e. The van der Waals surface area contributed by atoms with Gasteiger partial charge in [-0.2, -0.15) is 0 Å². The molecule has 3 rings (SSSR count). The number of carbonyl (C=O) groups excluding carboxylic acids is 2. The number of amides is 2. The maximum atomic E-state index is 12.7. The predicted octanol–water partition coefficient (Wildman–Crippen LogP) is 3.22. The molecule has 1 aliphatic heterocycles. The van der Waals surface area contributed by atoms with Gasteiger partial charge in [0.25, 0.3) is 11.8 Å². The highest BCUT2D eigenvalue weighted by atomic mass is 35.5. The molecule has 0 radical (unpaired) electrons. The van der Waals surface area contributed by atoms with Crippen molar-refractivity contribution in [3.8, 4) is 0 Å². The third-order valence-electron chi connectivity index (χ3n) is 6.05. The molecule has 1 saturated carbocycles. The van der Waals surface area contributed by atoms with Crippen LogP contribution in [-0.2, 0) is 9.53 Å². The van der Waals surface area contributed by atoms with Crippen molar-refractivity contribution in [2.75, 3.05) is 32.6 Å². The Kier molecular flexibility index (Phi) is 8.28. The number of rotatable bonds is 5. The summed E-state index contributed by atoms with van der Waals surface area (Å²) in [6.45, 7) is 1.53. The smallest absolute Gasteiger partial charge is 0.256 e. The van der Waals surface area contributed by atoms with Gasteiger partial charge in [-0.25, -0.2) is 0 Å². The van der Waals surface area contributed by atoms with E-state index < -0.39 is 5.60 Å². The van der Waals surface area contributed by atoms with Crippen molar-refractivity contribution in [2.24, 2.45) is 0 Å². The van der Waals surface area contributed by atoms with Gasteiger partial charge >= 0.3 is 0 Å². The molecule has 7 heteroatoms. The Morgan fingerprint density at radius 1 is 1.11 bits per heavy atom. The fourth-order valence-electron chi connectivity index (χ4n) is 4.13. The molecule has 1 heterocycles. The molecule has 28 heavy (non-hydrogen) atoms. The molecule has 0 aromatic heterocycles. The highest BCUT2D eigenvalue weighted by Crippen LogP contribution is 2.26. The molecule has 0 atom stereocenters. The highest BCUT2D eigenvalue weighted by Gasteiger charge is 2.39. The number of methoxy groups -OCH3 is 1. The van der Waals surface area contributed by atoms with Gasteiger partial charge in [-0.3, -0.25) is 9.59 Å². The first-order valence-electron chi connectivity index (χ1n) is 10.0. The predicted molar refractivity (Wildman–Crippen MR) is 113 cm³/mol. The molecule has 1 aromatic rings. The van der Waals surface area contributed by atoms with Crippen LogP contribution in [0.3, 0.4) is 0 Å². The molecule has 0 bridgehead atoms. The lowest BCUT2D eigenvalue weighted by molar-refractivity contribution is -0.140. The number of halogens is 1. The van der Waals surface area contributed by atoms with E-state index in [0.717, 1.165) is 25.9 Å². The molecule has 1 aliphatic carbocycles. The first-order valence-corrected chi connectivity index (χ1v) is 10.0. The van der Waals surface area contributed by atoms with E-state index in [2.05, 4.69) is 10.6 Å². The molecule has 2 N–H and O–H groups in total. The zero-order valence-corrected chi connectivity index (χ0v) is 17.6. The summed E-state index contributed by atoms with van der Waals surface area (Å²) in [5.41, 5.74) is 0.567. The molecule has 2 amide bonds. The third kappa shape index (κ3) is 5.04. The summed E-state index contributed by atoms with van der Waals surface area (Å²) in [5.74, 6) is -0.0728. The average Bonchev–Trinajstić information content (AvgIpc) is 2.74. The summed E-state index contributed by atoms with van der Waals surface area (Å²) in [5, 5.41) is 6.19. The van der Waals surface area contributed by atoms with Crippen molar-refractivity contribution < 1.29 is 14.3 Å². The number of hydrogen-bond acceptors (Lipinski definition) is 4. The molecule has 2 fully saturated rings. The van der Waals surface area contributed by atoms with Crippen molar-refractivity contribution in [3.63, 3.8) is 0 Å². The summed E-state index contributed by atoms with van der Waals surface area (Å²) in [6.07, 6.45) is 7.14. The van der Waals surface area contributed by atoms with Crippen molar-refractivity contribution >= 4 is 29.9 Å². The average molecular weight is 410 g/mol. The van der Waals surface area contributed by atoms with Gasteiger partial charge in [-0.05, 0) is 63.0 Å². The Balaban J connectivity index is 0.00000280. The molecule has 2 aliphatic rings. The number of carbonyl (C=O) groups is 2. The fraction of sp³-hybridized carbons (Fsp3) is 0.619. The monoisotopic (exact) mass is 409 g/mol. The summed E-state index contributed by atoms with van der Waals surface area (Å²) in [4.78, 5) is 27.3. The highest BCUT2D eigenvalue weighted by molar-refractivity contribution is 5.98. The van der Waals surface area contributed by atoms with Crippen LogP contribution in [0.15, 0.2) is 24.3 Å². The van der Waals surface area contributed by atoms with Crippen molar-refractivity contribution in [3.05, 3.63) is 29.8 Å². The summed E-state index contributed by atoms with van der Waals surface area (Å²) < 4.78 is 5.56. The van der Waals surface area contributed by atoms with E-state index in [4.69, 9.17) is 4.74 Å². The number of ether oxygens (including phenoxy) is 1. The standard InChI is InChI=1S/C21H31N3O3.ClH/c1-24(18-6-4-3-5-7-18)19(25)16-8-10-17(11-9-16)23-20(26)21(27-2)12-14-22-15-13-21;/h8-11,18,22H,3-7,12-15H2,1-2H3,(H,23,26);1H. The molecule has 0 spiro atoms. The lowest BCUT2D eigenvalue weighted by atomic mass is 9.91. The molecule has 0 unspecified atom stereocenters. The number of piperidine rings is 1. The summed E-state index contributed by atoms with van der Waals surface area (Å²) in [6, 6.07) is 7.51. The van der Waals surface area contributed by atoms with E-state index in [-0.39, 0.29) is 24.2 Å².